The van der Waals surface area contributed by atoms with Crippen molar-refractivity contribution < 1.29 is 4.74 Å². The Morgan fingerprint density at radius 2 is 2.14 bits per heavy atom. The minimum Gasteiger partial charge on any atom is -0.492 e. The molecule has 1 rings (SSSR count). The Hall–Kier alpha value is -0.730. The van der Waals surface area contributed by atoms with Crippen LogP contribution >= 0.6 is 11.6 Å². The Balaban J connectivity index is 2.35. The van der Waals surface area contributed by atoms with Crippen molar-refractivity contribution in [2.24, 2.45) is 5.73 Å². The van der Waals surface area contributed by atoms with Crippen LogP contribution in [0.15, 0.2) is 24.3 Å². The van der Waals surface area contributed by atoms with Crippen LogP contribution in [-0.4, -0.2) is 12.6 Å². The fourth-order valence-electron chi connectivity index (χ4n) is 1.09. The van der Waals surface area contributed by atoms with Gasteiger partial charge in [-0.05, 0) is 25.0 Å². The summed E-state index contributed by atoms with van der Waals surface area (Å²) >= 11 is 5.92. The van der Waals surface area contributed by atoms with Crippen LogP contribution in [0.1, 0.15) is 19.8 Å². The lowest BCUT2D eigenvalue weighted by atomic mass is 10.2. The Morgan fingerprint density at radius 1 is 1.43 bits per heavy atom. The molecular formula is C11H16ClNO. The summed E-state index contributed by atoms with van der Waals surface area (Å²) in [5.41, 5.74) is 5.76. The SMILES string of the molecule is CCC(N)CCOc1ccccc1Cl. The van der Waals surface area contributed by atoms with Crippen LogP contribution in [0.25, 0.3) is 0 Å². The number of halogens is 1. The quantitative estimate of drug-likeness (QED) is 0.817. The highest BCUT2D eigenvalue weighted by Gasteiger charge is 2.01. The number of nitrogens with two attached hydrogens (primary N) is 1. The van der Waals surface area contributed by atoms with Crippen LogP contribution in [-0.2, 0) is 0 Å². The van der Waals surface area contributed by atoms with E-state index in [1.54, 1.807) is 0 Å². The van der Waals surface area contributed by atoms with Gasteiger partial charge in [-0.2, -0.15) is 0 Å². The highest BCUT2D eigenvalue weighted by molar-refractivity contribution is 6.32. The van der Waals surface area contributed by atoms with Gasteiger partial charge in [0.05, 0.1) is 11.6 Å². The maximum Gasteiger partial charge on any atom is 0.137 e. The molecule has 1 unspecified atom stereocenters. The third-order valence-corrected chi connectivity index (χ3v) is 2.42. The number of para-hydroxylation sites is 1. The second kappa shape index (κ2) is 5.89. The van der Waals surface area contributed by atoms with Crippen LogP contribution in [0.5, 0.6) is 5.75 Å². The molecule has 0 aliphatic heterocycles. The van der Waals surface area contributed by atoms with Crippen molar-refractivity contribution in [2.45, 2.75) is 25.8 Å². The molecule has 0 amide bonds. The van der Waals surface area contributed by atoms with Crippen LogP contribution in [0.3, 0.4) is 0 Å². The molecule has 0 fully saturated rings. The Bertz CT molecular complexity index is 278. The van der Waals surface area contributed by atoms with E-state index in [0.29, 0.717) is 11.6 Å². The van der Waals surface area contributed by atoms with Crippen LogP contribution in [0.4, 0.5) is 0 Å². The van der Waals surface area contributed by atoms with E-state index in [9.17, 15) is 0 Å². The number of ether oxygens (including phenoxy) is 1. The standard InChI is InChI=1S/C11H16ClNO/c1-2-9(13)7-8-14-11-6-4-3-5-10(11)12/h3-6,9H,2,7-8,13H2,1H3. The molecule has 0 radical (unpaired) electrons. The minimum absolute atomic E-state index is 0.220. The molecule has 0 spiro atoms. The van der Waals surface area contributed by atoms with Crippen molar-refractivity contribution in [3.8, 4) is 5.75 Å². The largest absolute Gasteiger partial charge is 0.492 e. The number of rotatable bonds is 5. The molecule has 1 aromatic carbocycles. The lowest BCUT2D eigenvalue weighted by Gasteiger charge is -2.10. The van der Waals surface area contributed by atoms with E-state index < -0.39 is 0 Å². The average Bonchev–Trinajstić information content (AvgIpc) is 2.20. The second-order valence-corrected chi connectivity index (χ2v) is 3.64. The maximum atomic E-state index is 5.92. The van der Waals surface area contributed by atoms with Crippen LogP contribution in [0.2, 0.25) is 5.02 Å². The van der Waals surface area contributed by atoms with E-state index in [4.69, 9.17) is 22.1 Å². The van der Waals surface area contributed by atoms with Gasteiger partial charge in [-0.1, -0.05) is 30.7 Å². The number of hydrogen-bond donors (Lipinski definition) is 1. The fourth-order valence-corrected chi connectivity index (χ4v) is 1.28. The molecule has 1 atom stereocenters. The van der Waals surface area contributed by atoms with Crippen LogP contribution < -0.4 is 10.5 Å². The molecule has 1 aromatic rings. The van der Waals surface area contributed by atoms with Gasteiger partial charge < -0.3 is 10.5 Å². The summed E-state index contributed by atoms with van der Waals surface area (Å²) in [6.07, 6.45) is 1.84. The molecule has 78 valence electrons. The van der Waals surface area contributed by atoms with E-state index in [1.807, 2.05) is 24.3 Å². The van der Waals surface area contributed by atoms with Crippen molar-refractivity contribution in [3.05, 3.63) is 29.3 Å². The van der Waals surface area contributed by atoms with Crippen molar-refractivity contribution >= 4 is 11.6 Å². The Kier molecular flexibility index (Phi) is 4.77. The first kappa shape index (κ1) is 11.3. The summed E-state index contributed by atoms with van der Waals surface area (Å²) in [5.74, 6) is 0.734. The molecule has 0 aliphatic rings. The number of benzene rings is 1. The maximum absolute atomic E-state index is 5.92. The van der Waals surface area contributed by atoms with E-state index in [2.05, 4.69) is 6.92 Å². The van der Waals surface area contributed by atoms with Gasteiger partial charge >= 0.3 is 0 Å². The molecule has 0 heterocycles. The summed E-state index contributed by atoms with van der Waals surface area (Å²) in [7, 11) is 0. The smallest absolute Gasteiger partial charge is 0.137 e. The van der Waals surface area contributed by atoms with Crippen molar-refractivity contribution in [2.75, 3.05) is 6.61 Å². The summed E-state index contributed by atoms with van der Waals surface area (Å²) in [4.78, 5) is 0. The summed E-state index contributed by atoms with van der Waals surface area (Å²) < 4.78 is 5.50. The molecule has 0 saturated carbocycles. The second-order valence-electron chi connectivity index (χ2n) is 3.24. The molecule has 3 heteroatoms. The zero-order chi connectivity index (χ0) is 10.4. The van der Waals surface area contributed by atoms with Crippen molar-refractivity contribution in [1.82, 2.24) is 0 Å². The number of hydrogen-bond acceptors (Lipinski definition) is 2. The Morgan fingerprint density at radius 3 is 2.79 bits per heavy atom. The van der Waals surface area contributed by atoms with Gasteiger partial charge in [-0.25, -0.2) is 0 Å². The predicted octanol–water partition coefficient (Wildman–Crippen LogP) is 2.85. The molecule has 2 nitrogen and oxygen atoms in total. The molecule has 0 aliphatic carbocycles. The zero-order valence-corrected chi connectivity index (χ0v) is 9.13. The van der Waals surface area contributed by atoms with E-state index in [1.165, 1.54) is 0 Å². The molecular weight excluding hydrogens is 198 g/mol. The van der Waals surface area contributed by atoms with Gasteiger partial charge in [-0.3, -0.25) is 0 Å². The summed E-state index contributed by atoms with van der Waals surface area (Å²) in [5, 5.41) is 0.651. The first-order chi connectivity index (χ1) is 6.74. The van der Waals surface area contributed by atoms with Crippen molar-refractivity contribution in [3.63, 3.8) is 0 Å². The van der Waals surface area contributed by atoms with Gasteiger partial charge in [0, 0.05) is 6.04 Å². The predicted molar refractivity (Wildman–Crippen MR) is 59.8 cm³/mol. The van der Waals surface area contributed by atoms with Gasteiger partial charge in [0.15, 0.2) is 0 Å². The monoisotopic (exact) mass is 213 g/mol. The normalized spacial score (nSPS) is 12.5. The lowest BCUT2D eigenvalue weighted by molar-refractivity contribution is 0.296. The highest BCUT2D eigenvalue weighted by Crippen LogP contribution is 2.23. The highest BCUT2D eigenvalue weighted by atomic mass is 35.5. The first-order valence-electron chi connectivity index (χ1n) is 4.87. The fraction of sp³-hybridized carbons (Fsp3) is 0.455. The molecule has 0 bridgehead atoms. The van der Waals surface area contributed by atoms with Gasteiger partial charge in [-0.15, -0.1) is 0 Å². The van der Waals surface area contributed by atoms with Crippen molar-refractivity contribution in [1.29, 1.82) is 0 Å². The van der Waals surface area contributed by atoms with E-state index in [0.717, 1.165) is 18.6 Å². The van der Waals surface area contributed by atoms with Gasteiger partial charge in [0.1, 0.15) is 5.75 Å². The molecule has 2 N–H and O–H groups in total. The van der Waals surface area contributed by atoms with E-state index in [-0.39, 0.29) is 6.04 Å². The average molecular weight is 214 g/mol. The third kappa shape index (κ3) is 3.56. The summed E-state index contributed by atoms with van der Waals surface area (Å²) in [6, 6.07) is 7.68. The molecule has 0 aromatic heterocycles. The first-order valence-corrected chi connectivity index (χ1v) is 5.24. The molecule has 14 heavy (non-hydrogen) atoms. The van der Waals surface area contributed by atoms with E-state index >= 15 is 0 Å². The lowest BCUT2D eigenvalue weighted by Crippen LogP contribution is -2.21. The topological polar surface area (TPSA) is 35.2 Å². The Labute approximate surface area is 90.0 Å². The van der Waals surface area contributed by atoms with Gasteiger partial charge in [0.2, 0.25) is 0 Å². The van der Waals surface area contributed by atoms with Crippen LogP contribution in [0, 0.1) is 0 Å². The zero-order valence-electron chi connectivity index (χ0n) is 8.37. The molecule has 0 saturated heterocycles. The van der Waals surface area contributed by atoms with Gasteiger partial charge in [0.25, 0.3) is 0 Å². The summed E-state index contributed by atoms with van der Waals surface area (Å²) in [6.45, 7) is 2.69. The third-order valence-electron chi connectivity index (χ3n) is 2.11. The minimum atomic E-state index is 0.220.